The Hall–Kier alpha value is -1.66. The van der Waals surface area contributed by atoms with E-state index in [1.54, 1.807) is 11.3 Å². The van der Waals surface area contributed by atoms with Gasteiger partial charge in [-0.2, -0.15) is 0 Å². The Kier molecular flexibility index (Phi) is 4.25. The van der Waals surface area contributed by atoms with Crippen molar-refractivity contribution in [2.75, 3.05) is 17.3 Å². The number of aromatic nitrogens is 2. The minimum atomic E-state index is 0.0514. The zero-order chi connectivity index (χ0) is 14.8. The van der Waals surface area contributed by atoms with E-state index < -0.39 is 0 Å². The minimum absolute atomic E-state index is 0.0514. The molecule has 0 saturated carbocycles. The molecule has 0 atom stereocenters. The zero-order valence-electron chi connectivity index (χ0n) is 12.3. The first-order chi connectivity index (χ1) is 9.44. The summed E-state index contributed by atoms with van der Waals surface area (Å²) < 4.78 is 0. The number of rotatable bonds is 5. The number of nitrogen functional groups attached to an aromatic ring is 1. The van der Waals surface area contributed by atoms with Gasteiger partial charge in [-0.15, -0.1) is 11.3 Å². The molecule has 108 valence electrons. The van der Waals surface area contributed by atoms with Gasteiger partial charge in [-0.3, -0.25) is 0 Å². The predicted molar refractivity (Wildman–Crippen MR) is 85.2 cm³/mol. The number of hydrogen-bond acceptors (Lipinski definition) is 6. The molecule has 2 aromatic rings. The lowest BCUT2D eigenvalue weighted by Crippen LogP contribution is -2.27. The molecule has 2 aromatic heterocycles. The first-order valence-electron chi connectivity index (χ1n) is 6.54. The van der Waals surface area contributed by atoms with Gasteiger partial charge in [-0.25, -0.2) is 15.8 Å². The molecule has 0 bridgehead atoms. The average Bonchev–Trinajstić information content (AvgIpc) is 2.94. The van der Waals surface area contributed by atoms with Crippen LogP contribution in [0.15, 0.2) is 17.5 Å². The number of nitrogens with zero attached hydrogens (tertiary/aromatic N) is 2. The van der Waals surface area contributed by atoms with Gasteiger partial charge >= 0.3 is 0 Å². The Morgan fingerprint density at radius 1 is 1.25 bits per heavy atom. The summed E-state index contributed by atoms with van der Waals surface area (Å²) in [6, 6.07) is 4.25. The number of hydrogen-bond donors (Lipinski definition) is 3. The van der Waals surface area contributed by atoms with E-state index in [-0.39, 0.29) is 5.41 Å². The largest absolute Gasteiger partial charge is 0.369 e. The highest BCUT2D eigenvalue weighted by molar-refractivity contribution is 7.10. The molecule has 0 aliphatic carbocycles. The summed E-state index contributed by atoms with van der Waals surface area (Å²) in [5.41, 5.74) is 3.59. The Bertz CT molecular complexity index is 578. The summed E-state index contributed by atoms with van der Waals surface area (Å²) in [5.74, 6) is 7.67. The highest BCUT2D eigenvalue weighted by atomic mass is 32.1. The molecule has 2 heterocycles. The highest BCUT2D eigenvalue weighted by Gasteiger charge is 2.22. The maximum Gasteiger partial charge on any atom is 0.148 e. The summed E-state index contributed by atoms with van der Waals surface area (Å²) in [4.78, 5) is 10.1. The van der Waals surface area contributed by atoms with E-state index in [0.29, 0.717) is 11.6 Å². The van der Waals surface area contributed by atoms with Crippen molar-refractivity contribution in [3.05, 3.63) is 33.8 Å². The number of nitrogens with one attached hydrogen (secondary N) is 2. The van der Waals surface area contributed by atoms with Crippen molar-refractivity contribution in [3.8, 4) is 0 Å². The first kappa shape index (κ1) is 14.7. The Morgan fingerprint density at radius 2 is 1.95 bits per heavy atom. The molecular weight excluding hydrogens is 270 g/mol. The van der Waals surface area contributed by atoms with Crippen molar-refractivity contribution in [1.29, 1.82) is 0 Å². The van der Waals surface area contributed by atoms with Gasteiger partial charge in [0.2, 0.25) is 0 Å². The van der Waals surface area contributed by atoms with Crippen LogP contribution in [-0.4, -0.2) is 16.5 Å². The average molecular weight is 291 g/mol. The van der Waals surface area contributed by atoms with E-state index in [0.717, 1.165) is 17.9 Å². The summed E-state index contributed by atoms with van der Waals surface area (Å²) in [5, 5.41) is 5.52. The quantitative estimate of drug-likeness (QED) is 0.583. The third-order valence-corrected chi connectivity index (χ3v) is 4.52. The van der Waals surface area contributed by atoms with Crippen LogP contribution in [0.4, 0.5) is 11.6 Å². The Balaban J connectivity index is 2.17. The maximum atomic E-state index is 5.48. The van der Waals surface area contributed by atoms with E-state index in [2.05, 4.69) is 52.1 Å². The second kappa shape index (κ2) is 5.76. The van der Waals surface area contributed by atoms with Gasteiger partial charge in [0, 0.05) is 22.4 Å². The van der Waals surface area contributed by atoms with Crippen LogP contribution in [0, 0.1) is 13.8 Å². The highest BCUT2D eigenvalue weighted by Crippen LogP contribution is 2.28. The molecule has 0 aliphatic rings. The molecule has 0 radical (unpaired) electrons. The number of thiophene rings is 1. The monoisotopic (exact) mass is 291 g/mol. The molecule has 6 heteroatoms. The molecule has 0 saturated heterocycles. The van der Waals surface area contributed by atoms with Crippen LogP contribution in [0.3, 0.4) is 0 Å². The van der Waals surface area contributed by atoms with Crippen molar-refractivity contribution in [1.82, 2.24) is 9.97 Å². The van der Waals surface area contributed by atoms with Gasteiger partial charge in [-0.05, 0) is 25.3 Å². The van der Waals surface area contributed by atoms with Crippen molar-refractivity contribution >= 4 is 23.0 Å². The third-order valence-electron chi connectivity index (χ3n) is 3.28. The van der Waals surface area contributed by atoms with Gasteiger partial charge < -0.3 is 10.7 Å². The van der Waals surface area contributed by atoms with Gasteiger partial charge in [0.05, 0.1) is 0 Å². The number of nitrogens with two attached hydrogens (primary N) is 1. The van der Waals surface area contributed by atoms with Crippen LogP contribution < -0.4 is 16.6 Å². The normalized spacial score (nSPS) is 11.4. The van der Waals surface area contributed by atoms with Crippen molar-refractivity contribution in [3.63, 3.8) is 0 Å². The van der Waals surface area contributed by atoms with Gasteiger partial charge in [0.1, 0.15) is 17.5 Å². The summed E-state index contributed by atoms with van der Waals surface area (Å²) >= 11 is 1.77. The van der Waals surface area contributed by atoms with Gasteiger partial charge in [0.25, 0.3) is 0 Å². The van der Waals surface area contributed by atoms with Crippen LogP contribution in [0.1, 0.15) is 30.1 Å². The molecule has 0 amide bonds. The maximum absolute atomic E-state index is 5.48. The van der Waals surface area contributed by atoms with Crippen molar-refractivity contribution in [2.45, 2.75) is 33.1 Å². The minimum Gasteiger partial charge on any atom is -0.369 e. The van der Waals surface area contributed by atoms with Crippen LogP contribution in [-0.2, 0) is 5.41 Å². The molecule has 2 rings (SSSR count). The lowest BCUT2D eigenvalue weighted by Gasteiger charge is -2.24. The number of hydrazine groups is 1. The first-order valence-corrected chi connectivity index (χ1v) is 7.42. The molecule has 0 aromatic carbocycles. The van der Waals surface area contributed by atoms with Crippen LogP contribution in [0.25, 0.3) is 0 Å². The van der Waals surface area contributed by atoms with Crippen LogP contribution in [0.5, 0.6) is 0 Å². The summed E-state index contributed by atoms with van der Waals surface area (Å²) in [6.07, 6.45) is 0. The lowest BCUT2D eigenvalue weighted by molar-refractivity contribution is 0.568. The molecule has 0 fully saturated rings. The summed E-state index contributed by atoms with van der Waals surface area (Å²) in [6.45, 7) is 9.05. The zero-order valence-corrected chi connectivity index (χ0v) is 13.1. The SMILES string of the molecule is Cc1nc(NN)c(C)c(NCC(C)(C)c2cccs2)n1. The second-order valence-corrected chi connectivity index (χ2v) is 6.40. The molecule has 0 unspecified atom stereocenters. The fourth-order valence-corrected chi connectivity index (χ4v) is 2.85. The fourth-order valence-electron chi connectivity index (χ4n) is 2.00. The standard InChI is InChI=1S/C14H21N5S/c1-9-12(17-10(2)18-13(9)19-15)16-8-14(3,4)11-6-5-7-20-11/h5-7H,8,15H2,1-4H3,(H2,16,17,18,19). The lowest BCUT2D eigenvalue weighted by atomic mass is 9.91. The molecule has 4 N–H and O–H groups in total. The number of aryl methyl sites for hydroxylation is 1. The van der Waals surface area contributed by atoms with Crippen LogP contribution in [0.2, 0.25) is 0 Å². The Morgan fingerprint density at radius 3 is 2.55 bits per heavy atom. The van der Waals surface area contributed by atoms with Crippen molar-refractivity contribution < 1.29 is 0 Å². The Labute approximate surface area is 123 Å². The smallest absolute Gasteiger partial charge is 0.148 e. The van der Waals surface area contributed by atoms with E-state index in [1.165, 1.54) is 4.88 Å². The van der Waals surface area contributed by atoms with Gasteiger partial charge in [-0.1, -0.05) is 19.9 Å². The molecule has 0 spiro atoms. The second-order valence-electron chi connectivity index (χ2n) is 5.45. The van der Waals surface area contributed by atoms with Crippen molar-refractivity contribution in [2.24, 2.45) is 5.84 Å². The third kappa shape index (κ3) is 3.08. The molecule has 20 heavy (non-hydrogen) atoms. The fraction of sp³-hybridized carbons (Fsp3) is 0.429. The molecule has 0 aliphatic heterocycles. The van der Waals surface area contributed by atoms with E-state index >= 15 is 0 Å². The molecular formula is C14H21N5S. The predicted octanol–water partition coefficient (Wildman–Crippen LogP) is 2.83. The van der Waals surface area contributed by atoms with Crippen LogP contribution >= 0.6 is 11.3 Å². The van der Waals surface area contributed by atoms with E-state index in [4.69, 9.17) is 5.84 Å². The van der Waals surface area contributed by atoms with E-state index in [1.807, 2.05) is 13.8 Å². The van der Waals surface area contributed by atoms with Gasteiger partial charge in [0.15, 0.2) is 0 Å². The summed E-state index contributed by atoms with van der Waals surface area (Å²) in [7, 11) is 0. The van der Waals surface area contributed by atoms with E-state index in [9.17, 15) is 0 Å². The number of anilines is 2. The topological polar surface area (TPSA) is 75.9 Å². The molecule has 5 nitrogen and oxygen atoms in total.